The van der Waals surface area contributed by atoms with Gasteiger partial charge in [-0.05, 0) is 38.7 Å². The van der Waals surface area contributed by atoms with Crippen LogP contribution in [0.1, 0.15) is 29.0 Å². The van der Waals surface area contributed by atoms with E-state index in [2.05, 4.69) is 10.4 Å². The van der Waals surface area contributed by atoms with Gasteiger partial charge in [0, 0.05) is 23.5 Å². The van der Waals surface area contributed by atoms with E-state index >= 15 is 0 Å². The Bertz CT molecular complexity index is 1060. The molecule has 0 bridgehead atoms. The van der Waals surface area contributed by atoms with Gasteiger partial charge in [0.1, 0.15) is 0 Å². The van der Waals surface area contributed by atoms with Crippen molar-refractivity contribution in [1.82, 2.24) is 20.0 Å². The molecule has 0 saturated heterocycles. The lowest BCUT2D eigenvalue weighted by Crippen LogP contribution is -2.36. The van der Waals surface area contributed by atoms with Gasteiger partial charge >= 0.3 is 0 Å². The minimum absolute atomic E-state index is 0.0963. The fourth-order valence-electron chi connectivity index (χ4n) is 3.21. The Morgan fingerprint density at radius 1 is 1.14 bits per heavy atom. The second-order valence-corrected chi connectivity index (χ2v) is 7.13. The maximum absolute atomic E-state index is 12.9. The molecule has 28 heavy (non-hydrogen) atoms. The van der Waals surface area contributed by atoms with Gasteiger partial charge in [0.05, 0.1) is 11.4 Å². The number of likely N-dealkylation sites (N-methyl/N-ethyl adjacent to an activating group) is 1. The topological polar surface area (TPSA) is 67.2 Å². The molecular weight excluding hydrogens is 376 g/mol. The number of rotatable bonds is 6. The molecule has 0 spiro atoms. The summed E-state index contributed by atoms with van der Waals surface area (Å²) in [6.07, 6.45) is 0. The highest BCUT2D eigenvalue weighted by molar-refractivity contribution is 6.31. The number of amides is 1. The zero-order chi connectivity index (χ0) is 20.3. The third-order valence-corrected chi connectivity index (χ3v) is 5.07. The Morgan fingerprint density at radius 3 is 2.43 bits per heavy atom. The zero-order valence-electron chi connectivity index (χ0n) is 16.1. The number of aryl methyl sites for hydroxylation is 1. The van der Waals surface area contributed by atoms with Crippen LogP contribution in [0.3, 0.4) is 0 Å². The molecule has 6 nitrogen and oxygen atoms in total. The Labute approximate surface area is 168 Å². The monoisotopic (exact) mass is 398 g/mol. The average Bonchev–Trinajstić information content (AvgIpc) is 2.69. The van der Waals surface area contributed by atoms with Crippen molar-refractivity contribution in [1.29, 1.82) is 0 Å². The van der Waals surface area contributed by atoms with Gasteiger partial charge in [-0.15, -0.1) is 0 Å². The molecule has 3 rings (SSSR count). The number of hydrogen-bond acceptors (Lipinski definition) is 4. The minimum atomic E-state index is -0.322. The highest BCUT2D eigenvalue weighted by Crippen LogP contribution is 2.25. The molecule has 1 aromatic heterocycles. The lowest BCUT2D eigenvalue weighted by molar-refractivity contribution is 0.0936. The number of nitrogens with one attached hydrogen (secondary N) is 1. The molecule has 0 fully saturated rings. The van der Waals surface area contributed by atoms with Crippen molar-refractivity contribution in [3.8, 4) is 0 Å². The zero-order valence-corrected chi connectivity index (χ0v) is 16.9. The van der Waals surface area contributed by atoms with Crippen LogP contribution in [0.25, 0.3) is 10.8 Å². The van der Waals surface area contributed by atoms with Gasteiger partial charge in [-0.1, -0.05) is 48.0 Å². The number of carbonyl (C=O) groups excluding carboxylic acids is 1. The first kappa shape index (κ1) is 20.0. The molecule has 0 aliphatic heterocycles. The minimum Gasteiger partial charge on any atom is -0.349 e. The quantitative estimate of drug-likeness (QED) is 0.692. The molecular formula is C21H23ClN4O2. The molecule has 1 heterocycles. The first-order chi connectivity index (χ1) is 13.4. The van der Waals surface area contributed by atoms with E-state index in [1.54, 1.807) is 24.3 Å². The molecule has 3 aromatic rings. The van der Waals surface area contributed by atoms with Crippen LogP contribution in [0.4, 0.5) is 0 Å². The molecule has 0 aliphatic rings. The van der Waals surface area contributed by atoms with E-state index in [9.17, 15) is 9.59 Å². The predicted molar refractivity (Wildman–Crippen MR) is 112 cm³/mol. The molecule has 0 aliphatic carbocycles. The number of fused-ring (bicyclic) bond motifs is 1. The summed E-state index contributed by atoms with van der Waals surface area (Å²) in [4.78, 5) is 27.4. The van der Waals surface area contributed by atoms with Gasteiger partial charge in [0.25, 0.3) is 11.5 Å². The molecule has 2 aromatic carbocycles. The summed E-state index contributed by atoms with van der Waals surface area (Å²) in [5.41, 5.74) is 0.983. The summed E-state index contributed by atoms with van der Waals surface area (Å²) in [5, 5.41) is 8.92. The summed E-state index contributed by atoms with van der Waals surface area (Å²) in [7, 11) is 3.87. The molecule has 0 saturated carbocycles. The van der Waals surface area contributed by atoms with Crippen molar-refractivity contribution >= 4 is 28.3 Å². The second kappa shape index (κ2) is 8.54. The van der Waals surface area contributed by atoms with Crippen molar-refractivity contribution < 1.29 is 4.79 Å². The van der Waals surface area contributed by atoms with E-state index in [-0.39, 0.29) is 23.2 Å². The Hall–Kier alpha value is -2.70. The highest BCUT2D eigenvalue weighted by atomic mass is 35.5. The van der Waals surface area contributed by atoms with E-state index in [0.717, 1.165) is 5.56 Å². The maximum atomic E-state index is 12.9. The molecule has 1 amide bonds. The van der Waals surface area contributed by atoms with E-state index in [0.29, 0.717) is 28.9 Å². The number of hydrogen-bond donors (Lipinski definition) is 1. The first-order valence-corrected chi connectivity index (χ1v) is 9.50. The van der Waals surface area contributed by atoms with Crippen molar-refractivity contribution in [2.24, 2.45) is 0 Å². The lowest BCUT2D eigenvalue weighted by atomic mass is 10.1. The fraction of sp³-hybridized carbons (Fsp3) is 0.286. The van der Waals surface area contributed by atoms with Crippen LogP contribution in [0, 0.1) is 0 Å². The molecule has 0 radical (unpaired) electrons. The smallest absolute Gasteiger partial charge is 0.274 e. The van der Waals surface area contributed by atoms with Crippen molar-refractivity contribution in [3.05, 3.63) is 75.2 Å². The van der Waals surface area contributed by atoms with E-state index < -0.39 is 0 Å². The third-order valence-electron chi connectivity index (χ3n) is 4.73. The highest BCUT2D eigenvalue weighted by Gasteiger charge is 2.20. The number of halogens is 1. The van der Waals surface area contributed by atoms with Gasteiger partial charge in [-0.25, -0.2) is 4.68 Å². The maximum Gasteiger partial charge on any atom is 0.274 e. The van der Waals surface area contributed by atoms with Crippen LogP contribution in [0.15, 0.2) is 53.3 Å². The molecule has 1 N–H and O–H groups in total. The van der Waals surface area contributed by atoms with Gasteiger partial charge < -0.3 is 10.2 Å². The SMILES string of the molecule is CCn1nc(C(=O)NC[C@H](c2ccccc2Cl)N(C)C)c2ccccc2c1=O. The summed E-state index contributed by atoms with van der Waals surface area (Å²) < 4.78 is 1.31. The van der Waals surface area contributed by atoms with E-state index in [1.165, 1.54) is 4.68 Å². The van der Waals surface area contributed by atoms with Crippen molar-refractivity contribution in [2.75, 3.05) is 20.6 Å². The Kier molecular flexibility index (Phi) is 6.11. The van der Waals surface area contributed by atoms with Crippen LogP contribution >= 0.6 is 11.6 Å². The number of nitrogens with zero attached hydrogens (tertiary/aromatic N) is 3. The predicted octanol–water partition coefficient (Wildman–Crippen LogP) is 3.10. The average molecular weight is 399 g/mol. The second-order valence-electron chi connectivity index (χ2n) is 6.73. The normalized spacial score (nSPS) is 12.3. The third kappa shape index (κ3) is 3.93. The number of aromatic nitrogens is 2. The molecule has 0 unspecified atom stereocenters. The van der Waals surface area contributed by atoms with Crippen LogP contribution in [0.5, 0.6) is 0 Å². The van der Waals surface area contributed by atoms with Crippen molar-refractivity contribution in [3.63, 3.8) is 0 Å². The van der Waals surface area contributed by atoms with Gasteiger partial charge in [0.15, 0.2) is 5.69 Å². The summed E-state index contributed by atoms with van der Waals surface area (Å²) in [5.74, 6) is -0.322. The summed E-state index contributed by atoms with van der Waals surface area (Å²) in [6, 6.07) is 14.5. The summed E-state index contributed by atoms with van der Waals surface area (Å²) >= 11 is 6.34. The van der Waals surface area contributed by atoms with E-state index in [1.807, 2.05) is 50.2 Å². The van der Waals surface area contributed by atoms with Crippen LogP contribution in [-0.4, -0.2) is 41.2 Å². The van der Waals surface area contributed by atoms with Gasteiger partial charge in [-0.2, -0.15) is 5.10 Å². The Morgan fingerprint density at radius 2 is 1.79 bits per heavy atom. The first-order valence-electron chi connectivity index (χ1n) is 9.13. The number of benzene rings is 2. The Balaban J connectivity index is 1.92. The summed E-state index contributed by atoms with van der Waals surface area (Å²) in [6.45, 7) is 2.57. The van der Waals surface area contributed by atoms with Crippen LogP contribution in [-0.2, 0) is 6.54 Å². The molecule has 146 valence electrons. The largest absolute Gasteiger partial charge is 0.349 e. The van der Waals surface area contributed by atoms with E-state index in [4.69, 9.17) is 11.6 Å². The van der Waals surface area contributed by atoms with Crippen LogP contribution < -0.4 is 10.9 Å². The number of carbonyl (C=O) groups is 1. The standard InChI is InChI=1S/C21H23ClN4O2/c1-4-26-21(28)15-10-6-5-9-14(15)19(24-26)20(27)23-13-18(25(2)3)16-11-7-8-12-17(16)22/h5-12,18H,4,13H2,1-3H3,(H,23,27)/t18-/m1/s1. The van der Waals surface area contributed by atoms with Gasteiger partial charge in [-0.3, -0.25) is 9.59 Å². The molecule has 7 heteroatoms. The lowest BCUT2D eigenvalue weighted by Gasteiger charge is -2.26. The van der Waals surface area contributed by atoms with Crippen molar-refractivity contribution in [2.45, 2.75) is 19.5 Å². The van der Waals surface area contributed by atoms with Crippen LogP contribution in [0.2, 0.25) is 5.02 Å². The fourth-order valence-corrected chi connectivity index (χ4v) is 3.47. The molecule has 1 atom stereocenters. The van der Waals surface area contributed by atoms with Gasteiger partial charge in [0.2, 0.25) is 0 Å².